The fraction of sp³-hybridized carbons (Fsp3) is 0.292. The van der Waals surface area contributed by atoms with Gasteiger partial charge in [-0.15, -0.1) is 0 Å². The van der Waals surface area contributed by atoms with Gasteiger partial charge in [0.2, 0.25) is 0 Å². The normalized spacial score (nSPS) is 18.1. The predicted molar refractivity (Wildman–Crippen MR) is 126 cm³/mol. The van der Waals surface area contributed by atoms with Gasteiger partial charge >= 0.3 is 5.97 Å². The molecule has 2 atom stereocenters. The number of carboxylic acids is 1. The van der Waals surface area contributed by atoms with Crippen molar-refractivity contribution in [1.29, 1.82) is 0 Å². The van der Waals surface area contributed by atoms with Crippen molar-refractivity contribution in [3.8, 4) is 5.69 Å². The SMILES string of the molecule is Cc1cc([C@@H]2[C@@H](c3ccccn3)NC(=S)N2CCCO)c(C)n1-c1ccc(C(=O)O)cc1. The number of hydrogen-bond acceptors (Lipinski definition) is 4. The Balaban J connectivity index is 1.79. The Kier molecular flexibility index (Phi) is 6.25. The van der Waals surface area contributed by atoms with E-state index in [-0.39, 0.29) is 24.3 Å². The highest BCUT2D eigenvalue weighted by molar-refractivity contribution is 7.80. The molecule has 2 aromatic heterocycles. The molecule has 1 aromatic carbocycles. The number of thiocarbonyl (C=S) groups is 1. The standard InChI is InChI=1S/C24H26N4O3S/c1-15-14-19(16(2)28(15)18-9-7-17(8-10-18)23(30)31)22-21(20-6-3-4-11-25-20)26-24(32)27(22)12-5-13-29/h3-4,6-11,14,21-22,29H,5,12-13H2,1-2H3,(H,26,32)(H,30,31)/t21-,22-/m1/s1. The Bertz CT molecular complexity index is 1130. The summed E-state index contributed by atoms with van der Waals surface area (Å²) in [6.45, 7) is 4.83. The molecule has 0 unspecified atom stereocenters. The van der Waals surface area contributed by atoms with E-state index >= 15 is 0 Å². The summed E-state index contributed by atoms with van der Waals surface area (Å²) in [4.78, 5) is 17.9. The molecule has 32 heavy (non-hydrogen) atoms. The number of benzene rings is 1. The molecule has 8 heteroatoms. The molecule has 0 radical (unpaired) electrons. The van der Waals surface area contributed by atoms with Crippen molar-refractivity contribution in [1.82, 2.24) is 19.8 Å². The zero-order chi connectivity index (χ0) is 22.8. The fourth-order valence-electron chi connectivity index (χ4n) is 4.46. The van der Waals surface area contributed by atoms with E-state index in [0.29, 0.717) is 18.1 Å². The number of aliphatic hydroxyl groups excluding tert-OH is 1. The van der Waals surface area contributed by atoms with Gasteiger partial charge in [-0.05, 0) is 80.5 Å². The van der Waals surface area contributed by atoms with E-state index in [0.717, 1.165) is 28.3 Å². The number of aryl methyl sites for hydroxylation is 1. The summed E-state index contributed by atoms with van der Waals surface area (Å²) in [5.74, 6) is -0.943. The van der Waals surface area contributed by atoms with E-state index in [1.165, 1.54) is 0 Å². The zero-order valence-corrected chi connectivity index (χ0v) is 18.8. The van der Waals surface area contributed by atoms with Crippen LogP contribution in [0.2, 0.25) is 0 Å². The molecule has 0 aliphatic carbocycles. The highest BCUT2D eigenvalue weighted by atomic mass is 32.1. The lowest BCUT2D eigenvalue weighted by atomic mass is 9.96. The fourth-order valence-corrected chi connectivity index (χ4v) is 4.80. The maximum atomic E-state index is 11.2. The number of nitrogens with one attached hydrogen (secondary N) is 1. The molecule has 4 rings (SSSR count). The van der Waals surface area contributed by atoms with Gasteiger partial charge in [0.1, 0.15) is 0 Å². The van der Waals surface area contributed by atoms with Crippen LogP contribution < -0.4 is 5.32 Å². The third kappa shape index (κ3) is 3.99. The van der Waals surface area contributed by atoms with Gasteiger partial charge in [0, 0.05) is 36.4 Å². The number of carboxylic acid groups (broad SMARTS) is 1. The van der Waals surface area contributed by atoms with Gasteiger partial charge < -0.3 is 25.0 Å². The molecule has 3 N–H and O–H groups in total. The van der Waals surface area contributed by atoms with E-state index in [1.54, 1.807) is 18.3 Å². The number of nitrogens with zero attached hydrogens (tertiary/aromatic N) is 3. The second kappa shape index (κ2) is 9.10. The summed E-state index contributed by atoms with van der Waals surface area (Å²) >= 11 is 5.67. The molecule has 0 saturated carbocycles. The number of aliphatic hydroxyl groups is 1. The van der Waals surface area contributed by atoms with Gasteiger partial charge in [-0.25, -0.2) is 4.79 Å². The third-order valence-electron chi connectivity index (χ3n) is 5.92. The maximum absolute atomic E-state index is 11.2. The predicted octanol–water partition coefficient (Wildman–Crippen LogP) is 3.54. The van der Waals surface area contributed by atoms with Crippen molar-refractivity contribution in [2.75, 3.05) is 13.2 Å². The van der Waals surface area contributed by atoms with Crippen LogP contribution in [0.15, 0.2) is 54.7 Å². The van der Waals surface area contributed by atoms with Crippen molar-refractivity contribution in [2.24, 2.45) is 0 Å². The largest absolute Gasteiger partial charge is 0.478 e. The minimum Gasteiger partial charge on any atom is -0.478 e. The van der Waals surface area contributed by atoms with E-state index in [1.807, 2.05) is 37.3 Å². The highest BCUT2D eigenvalue weighted by Gasteiger charge is 2.41. The van der Waals surface area contributed by atoms with Gasteiger partial charge in [-0.3, -0.25) is 4.98 Å². The molecule has 1 saturated heterocycles. The number of pyridine rings is 1. The number of aromatic nitrogens is 2. The number of hydrogen-bond donors (Lipinski definition) is 3. The van der Waals surface area contributed by atoms with Crippen LogP contribution in [-0.2, 0) is 0 Å². The van der Waals surface area contributed by atoms with Crippen molar-refractivity contribution < 1.29 is 15.0 Å². The molecule has 1 aliphatic heterocycles. The zero-order valence-electron chi connectivity index (χ0n) is 18.0. The lowest BCUT2D eigenvalue weighted by molar-refractivity contribution is 0.0697. The average Bonchev–Trinajstić information content (AvgIpc) is 3.27. The van der Waals surface area contributed by atoms with Crippen molar-refractivity contribution in [2.45, 2.75) is 32.4 Å². The molecule has 3 aromatic rings. The van der Waals surface area contributed by atoms with Crippen LogP contribution in [0.5, 0.6) is 0 Å². The molecule has 166 valence electrons. The number of rotatable bonds is 7. The summed E-state index contributed by atoms with van der Waals surface area (Å²) in [7, 11) is 0. The average molecular weight is 451 g/mol. The molecule has 0 amide bonds. The Morgan fingerprint density at radius 1 is 1.19 bits per heavy atom. The minimum absolute atomic E-state index is 0.0813. The first kappa shape index (κ1) is 22.0. The van der Waals surface area contributed by atoms with Crippen molar-refractivity contribution >= 4 is 23.3 Å². The lowest BCUT2D eigenvalue weighted by Crippen LogP contribution is -2.31. The first-order chi connectivity index (χ1) is 15.4. The van der Waals surface area contributed by atoms with Crippen molar-refractivity contribution in [3.05, 3.63) is 82.9 Å². The van der Waals surface area contributed by atoms with E-state index in [2.05, 4.69) is 32.8 Å². The van der Waals surface area contributed by atoms with Crippen LogP contribution in [0.4, 0.5) is 0 Å². The van der Waals surface area contributed by atoms with E-state index < -0.39 is 5.97 Å². The van der Waals surface area contributed by atoms with Crippen LogP contribution in [0.1, 0.15) is 51.5 Å². The van der Waals surface area contributed by atoms with Gasteiger partial charge in [0.05, 0.1) is 23.3 Å². The maximum Gasteiger partial charge on any atom is 0.335 e. The summed E-state index contributed by atoms with van der Waals surface area (Å²) < 4.78 is 2.13. The molecule has 1 aliphatic rings. The molecule has 0 bridgehead atoms. The quantitative estimate of drug-likeness (QED) is 0.474. The first-order valence-corrected chi connectivity index (χ1v) is 10.9. The number of carbonyl (C=O) groups is 1. The van der Waals surface area contributed by atoms with Crippen molar-refractivity contribution in [3.63, 3.8) is 0 Å². The summed E-state index contributed by atoms with van der Waals surface area (Å²) in [5, 5.41) is 22.7. The Morgan fingerprint density at radius 2 is 1.94 bits per heavy atom. The van der Waals surface area contributed by atoms with Gasteiger partial charge in [0.25, 0.3) is 0 Å². The van der Waals surface area contributed by atoms with Crippen LogP contribution in [-0.4, -0.2) is 48.9 Å². The number of aromatic carboxylic acids is 1. The van der Waals surface area contributed by atoms with Gasteiger partial charge in [-0.2, -0.15) is 0 Å². The van der Waals surface area contributed by atoms with Crippen LogP contribution in [0.25, 0.3) is 5.69 Å². The topological polar surface area (TPSA) is 90.6 Å². The Hall–Kier alpha value is -3.23. The highest BCUT2D eigenvalue weighted by Crippen LogP contribution is 2.41. The summed E-state index contributed by atoms with van der Waals surface area (Å²) in [5.41, 5.74) is 5.28. The van der Waals surface area contributed by atoms with Crippen LogP contribution in [0.3, 0.4) is 0 Å². The molecular formula is C24H26N4O3S. The van der Waals surface area contributed by atoms with E-state index in [9.17, 15) is 15.0 Å². The summed E-state index contributed by atoms with van der Waals surface area (Å²) in [6, 6.07) is 14.7. The van der Waals surface area contributed by atoms with Crippen LogP contribution in [0, 0.1) is 13.8 Å². The van der Waals surface area contributed by atoms with Crippen LogP contribution >= 0.6 is 12.2 Å². The first-order valence-electron chi connectivity index (χ1n) is 10.5. The lowest BCUT2D eigenvalue weighted by Gasteiger charge is -2.28. The summed E-state index contributed by atoms with van der Waals surface area (Å²) in [6.07, 6.45) is 2.39. The Morgan fingerprint density at radius 3 is 2.56 bits per heavy atom. The van der Waals surface area contributed by atoms with Gasteiger partial charge in [-0.1, -0.05) is 6.07 Å². The molecular weight excluding hydrogens is 424 g/mol. The third-order valence-corrected chi connectivity index (χ3v) is 6.27. The smallest absolute Gasteiger partial charge is 0.335 e. The molecule has 7 nitrogen and oxygen atoms in total. The molecule has 0 spiro atoms. The second-order valence-electron chi connectivity index (χ2n) is 7.91. The molecule has 1 fully saturated rings. The monoisotopic (exact) mass is 450 g/mol. The van der Waals surface area contributed by atoms with Gasteiger partial charge in [0.15, 0.2) is 5.11 Å². The molecule has 3 heterocycles. The second-order valence-corrected chi connectivity index (χ2v) is 8.30. The Labute approximate surface area is 192 Å². The minimum atomic E-state index is -0.943. The van der Waals surface area contributed by atoms with E-state index in [4.69, 9.17) is 12.2 Å².